The van der Waals surface area contributed by atoms with Gasteiger partial charge >= 0.3 is 35.5 Å². The summed E-state index contributed by atoms with van der Waals surface area (Å²) < 4.78 is 10.7. The van der Waals surface area contributed by atoms with E-state index in [1.165, 1.54) is 76.3 Å². The molecule has 2 aromatic rings. The predicted octanol–water partition coefficient (Wildman–Crippen LogP) is 4.09. The van der Waals surface area contributed by atoms with Gasteiger partial charge in [-0.25, -0.2) is 4.79 Å². The third-order valence-corrected chi connectivity index (χ3v) is 5.84. The van der Waals surface area contributed by atoms with E-state index < -0.39 is 5.97 Å². The fourth-order valence-electron chi connectivity index (χ4n) is 3.70. The molecule has 0 N–H and O–H groups in total. The summed E-state index contributed by atoms with van der Waals surface area (Å²) in [5.41, 5.74) is 1.21. The SMILES string of the molecule is CCCCCCCCCCCCCCOC(=O)COc1ccc(N=Nc2ccc(C(=O)[O-])cc2)cc1.[Na+]. The van der Waals surface area contributed by atoms with Crippen molar-refractivity contribution in [3.63, 3.8) is 0 Å². The number of unbranched alkanes of at least 4 members (excludes halogenated alkanes) is 11. The molecule has 0 unspecified atom stereocenters. The molecule has 8 heteroatoms. The molecule has 0 amide bonds. The van der Waals surface area contributed by atoms with Gasteiger partial charge in [-0.1, -0.05) is 89.7 Å². The second-order valence-corrected chi connectivity index (χ2v) is 8.93. The molecule has 0 saturated carbocycles. The van der Waals surface area contributed by atoms with Crippen LogP contribution in [0.1, 0.15) is 94.3 Å². The molecule has 0 aliphatic heterocycles. The van der Waals surface area contributed by atoms with E-state index in [9.17, 15) is 14.7 Å². The second-order valence-electron chi connectivity index (χ2n) is 8.93. The van der Waals surface area contributed by atoms with Gasteiger partial charge in [0.05, 0.1) is 24.0 Å². The minimum Gasteiger partial charge on any atom is -0.545 e. The molecule has 0 aliphatic rings. The Morgan fingerprint density at radius 1 is 0.703 bits per heavy atom. The van der Waals surface area contributed by atoms with Gasteiger partial charge in [0, 0.05) is 0 Å². The largest absolute Gasteiger partial charge is 1.00 e. The zero-order chi connectivity index (χ0) is 25.8. The molecule has 0 fully saturated rings. The molecular weight excluding hydrogens is 479 g/mol. The van der Waals surface area contributed by atoms with Crippen molar-refractivity contribution in [3.05, 3.63) is 54.1 Å². The number of rotatable bonds is 19. The van der Waals surface area contributed by atoms with Crippen LogP contribution in [-0.2, 0) is 9.53 Å². The van der Waals surface area contributed by atoms with Crippen LogP contribution in [0.2, 0.25) is 0 Å². The van der Waals surface area contributed by atoms with Crippen molar-refractivity contribution in [3.8, 4) is 5.75 Å². The summed E-state index contributed by atoms with van der Waals surface area (Å²) in [5.74, 6) is -1.07. The maximum absolute atomic E-state index is 11.9. The smallest absolute Gasteiger partial charge is 0.545 e. The van der Waals surface area contributed by atoms with Crippen LogP contribution in [0.4, 0.5) is 11.4 Å². The van der Waals surface area contributed by atoms with Crippen LogP contribution in [0.25, 0.3) is 0 Å². The van der Waals surface area contributed by atoms with E-state index in [1.54, 1.807) is 36.4 Å². The molecule has 2 aromatic carbocycles. The monoisotopic (exact) mass is 518 g/mol. The standard InChI is InChI=1S/C29H40N2O5.Na/c1-2-3-4-5-6-7-8-9-10-11-12-13-22-35-28(32)23-36-27-20-18-26(19-21-27)31-30-25-16-14-24(15-17-25)29(33)34;/h14-21H,2-13,22-23H2,1H3,(H,33,34);/q;+1/p-1. The van der Waals surface area contributed by atoms with Gasteiger partial charge in [-0.2, -0.15) is 10.2 Å². The summed E-state index contributed by atoms with van der Waals surface area (Å²) >= 11 is 0. The summed E-state index contributed by atoms with van der Waals surface area (Å²) in [6.45, 7) is 2.55. The number of azo groups is 1. The number of benzene rings is 2. The van der Waals surface area contributed by atoms with Crippen molar-refractivity contribution in [2.45, 2.75) is 84.0 Å². The summed E-state index contributed by atoms with van der Waals surface area (Å²) in [7, 11) is 0. The molecular formula is C29H39N2NaO5. The van der Waals surface area contributed by atoms with Crippen LogP contribution >= 0.6 is 0 Å². The van der Waals surface area contributed by atoms with Gasteiger partial charge in [-0.15, -0.1) is 0 Å². The Kier molecular flexibility index (Phi) is 18.4. The molecule has 0 spiro atoms. The maximum Gasteiger partial charge on any atom is 1.00 e. The third kappa shape index (κ3) is 15.6. The Labute approximate surface area is 243 Å². The van der Waals surface area contributed by atoms with E-state index in [0.717, 1.165) is 12.8 Å². The molecule has 0 saturated heterocycles. The quantitative estimate of drug-likeness (QED) is 0.121. The summed E-state index contributed by atoms with van der Waals surface area (Å²) in [5, 5.41) is 18.9. The fraction of sp³-hybridized carbons (Fsp3) is 0.517. The first-order chi connectivity index (χ1) is 17.6. The summed E-state index contributed by atoms with van der Waals surface area (Å²) in [4.78, 5) is 22.7. The number of carboxylic acids is 1. The number of esters is 1. The third-order valence-electron chi connectivity index (χ3n) is 5.84. The first kappa shape index (κ1) is 32.8. The molecule has 7 nitrogen and oxygen atoms in total. The van der Waals surface area contributed by atoms with Gasteiger partial charge < -0.3 is 19.4 Å². The average molecular weight is 519 g/mol. The minimum atomic E-state index is -1.23. The van der Waals surface area contributed by atoms with Crippen LogP contribution in [-0.4, -0.2) is 25.2 Å². The molecule has 0 heterocycles. The Balaban J connectivity index is 0.00000684. The van der Waals surface area contributed by atoms with Crippen molar-refractivity contribution in [2.75, 3.05) is 13.2 Å². The van der Waals surface area contributed by atoms with Crippen LogP contribution in [0, 0.1) is 0 Å². The number of hydrogen-bond donors (Lipinski definition) is 0. The van der Waals surface area contributed by atoms with Crippen molar-refractivity contribution >= 4 is 23.3 Å². The van der Waals surface area contributed by atoms with Crippen LogP contribution in [0.5, 0.6) is 5.75 Å². The number of hydrogen-bond acceptors (Lipinski definition) is 7. The Morgan fingerprint density at radius 2 is 1.16 bits per heavy atom. The van der Waals surface area contributed by atoms with Crippen molar-refractivity contribution < 1.29 is 53.7 Å². The zero-order valence-electron chi connectivity index (χ0n) is 22.5. The number of carbonyl (C=O) groups excluding carboxylic acids is 2. The number of ether oxygens (including phenoxy) is 2. The number of carboxylic acid groups (broad SMARTS) is 1. The fourth-order valence-corrected chi connectivity index (χ4v) is 3.70. The van der Waals surface area contributed by atoms with Crippen molar-refractivity contribution in [2.24, 2.45) is 10.2 Å². The molecule has 2 rings (SSSR count). The maximum atomic E-state index is 11.9. The van der Waals surface area contributed by atoms with Gasteiger partial charge in [-0.3, -0.25) is 0 Å². The molecule has 0 radical (unpaired) electrons. The van der Waals surface area contributed by atoms with Gasteiger partial charge in [-0.05, 0) is 48.4 Å². The van der Waals surface area contributed by atoms with E-state index in [0.29, 0.717) is 23.7 Å². The topological polar surface area (TPSA) is 100 Å². The summed E-state index contributed by atoms with van der Waals surface area (Å²) in [6.07, 6.45) is 15.2. The number of nitrogens with zero attached hydrogens (tertiary/aromatic N) is 2. The molecule has 0 aromatic heterocycles. The van der Waals surface area contributed by atoms with Crippen LogP contribution in [0.15, 0.2) is 58.8 Å². The second kappa shape index (κ2) is 20.8. The first-order valence-electron chi connectivity index (χ1n) is 13.2. The van der Waals surface area contributed by atoms with Gasteiger partial charge in [0.25, 0.3) is 0 Å². The van der Waals surface area contributed by atoms with Crippen LogP contribution in [0.3, 0.4) is 0 Å². The van der Waals surface area contributed by atoms with Crippen molar-refractivity contribution in [1.29, 1.82) is 0 Å². The molecule has 0 aliphatic carbocycles. The van der Waals surface area contributed by atoms with E-state index in [2.05, 4.69) is 17.2 Å². The normalized spacial score (nSPS) is 10.7. The molecule has 0 atom stereocenters. The Bertz CT molecular complexity index is 917. The zero-order valence-corrected chi connectivity index (χ0v) is 24.5. The predicted molar refractivity (Wildman–Crippen MR) is 139 cm³/mol. The number of carbonyl (C=O) groups is 2. The van der Waals surface area contributed by atoms with Crippen molar-refractivity contribution in [1.82, 2.24) is 0 Å². The average Bonchev–Trinajstić information content (AvgIpc) is 2.89. The molecule has 37 heavy (non-hydrogen) atoms. The Hall–Kier alpha value is -2.22. The Morgan fingerprint density at radius 3 is 1.65 bits per heavy atom. The molecule has 196 valence electrons. The van der Waals surface area contributed by atoms with E-state index in [-0.39, 0.29) is 47.7 Å². The first-order valence-corrected chi connectivity index (χ1v) is 13.2. The van der Waals surface area contributed by atoms with Gasteiger partial charge in [0.15, 0.2) is 6.61 Å². The van der Waals surface area contributed by atoms with Gasteiger partial charge in [0.2, 0.25) is 0 Å². The van der Waals surface area contributed by atoms with Gasteiger partial charge in [0.1, 0.15) is 5.75 Å². The van der Waals surface area contributed by atoms with E-state index in [1.807, 2.05) is 0 Å². The van der Waals surface area contributed by atoms with E-state index >= 15 is 0 Å². The van der Waals surface area contributed by atoms with E-state index in [4.69, 9.17) is 9.47 Å². The molecule has 0 bridgehead atoms. The summed E-state index contributed by atoms with van der Waals surface area (Å²) in [6, 6.07) is 12.8. The minimum absolute atomic E-state index is 0. The van der Waals surface area contributed by atoms with Crippen LogP contribution < -0.4 is 39.4 Å². The number of aromatic carboxylic acids is 1.